The van der Waals surface area contributed by atoms with Gasteiger partial charge < -0.3 is 6.53 Å². The van der Waals surface area contributed by atoms with E-state index in [1.807, 2.05) is 42.5 Å². The first kappa shape index (κ1) is 12.9. The zero-order valence-electron chi connectivity index (χ0n) is 9.60. The Kier molecular flexibility index (Phi) is 4.95. The first-order valence-corrected chi connectivity index (χ1v) is 4.46. The summed E-state index contributed by atoms with van der Waals surface area (Å²) in [5.41, 5.74) is 0.871. The van der Waals surface area contributed by atoms with Gasteiger partial charge in [0.1, 0.15) is 0 Å². The van der Waals surface area contributed by atoms with Gasteiger partial charge in [-0.3, -0.25) is 4.79 Å². The summed E-state index contributed by atoms with van der Waals surface area (Å²) in [6.45, 7) is 0. The number of carboxylic acids is 1. The molecule has 15 heavy (non-hydrogen) atoms. The molecule has 2 aromatic rings. The number of hydrogen-bond acceptors (Lipinski definition) is 1. The molecule has 0 heterocycles. The van der Waals surface area contributed by atoms with Crippen LogP contribution in [-0.2, 0) is 11.2 Å². The van der Waals surface area contributed by atoms with E-state index in [0.717, 1.165) is 16.3 Å². The Labute approximate surface area is 132 Å². The summed E-state index contributed by atoms with van der Waals surface area (Å²) < 4.78 is 0. The molecule has 0 saturated carbocycles. The molecule has 0 saturated heterocycles. The summed E-state index contributed by atoms with van der Waals surface area (Å²) in [4.78, 5) is 10.6. The fraction of sp³-hybridized carbons (Fsp3) is 0.0833. The standard InChI is InChI=1S/C12H10O2.K.H/c13-12(14)8-10-6-3-5-9-4-1-2-7-11(9)10;;/h1-7H,8H2,(H,13,14);;/q;+1;-1. The molecule has 0 spiro atoms. The molecular formula is C12H11KO2. The van der Waals surface area contributed by atoms with Crippen LogP contribution in [0.5, 0.6) is 0 Å². The third kappa shape index (κ3) is 3.13. The Morgan fingerprint density at radius 3 is 2.53 bits per heavy atom. The minimum Gasteiger partial charge on any atom is -1.00 e. The van der Waals surface area contributed by atoms with Gasteiger partial charge in [-0.15, -0.1) is 0 Å². The van der Waals surface area contributed by atoms with Crippen LogP contribution in [0.4, 0.5) is 0 Å². The van der Waals surface area contributed by atoms with Crippen LogP contribution < -0.4 is 51.4 Å². The number of benzene rings is 2. The molecule has 2 rings (SSSR count). The zero-order chi connectivity index (χ0) is 9.97. The Balaban J connectivity index is 0.00000112. The third-order valence-electron chi connectivity index (χ3n) is 2.22. The van der Waals surface area contributed by atoms with Crippen molar-refractivity contribution in [1.29, 1.82) is 0 Å². The van der Waals surface area contributed by atoms with Crippen molar-refractivity contribution < 1.29 is 62.7 Å². The molecule has 2 aromatic carbocycles. The van der Waals surface area contributed by atoms with Gasteiger partial charge in [0.15, 0.2) is 0 Å². The van der Waals surface area contributed by atoms with Crippen molar-refractivity contribution in [2.75, 3.05) is 0 Å². The Morgan fingerprint density at radius 2 is 1.80 bits per heavy atom. The summed E-state index contributed by atoms with van der Waals surface area (Å²) in [6, 6.07) is 13.5. The fourth-order valence-corrected chi connectivity index (χ4v) is 1.61. The second-order valence-corrected chi connectivity index (χ2v) is 3.21. The van der Waals surface area contributed by atoms with Crippen molar-refractivity contribution in [2.45, 2.75) is 6.42 Å². The van der Waals surface area contributed by atoms with Gasteiger partial charge in [0.25, 0.3) is 0 Å². The van der Waals surface area contributed by atoms with E-state index in [1.54, 1.807) is 0 Å². The van der Waals surface area contributed by atoms with E-state index in [4.69, 9.17) is 5.11 Å². The summed E-state index contributed by atoms with van der Waals surface area (Å²) in [6.07, 6.45) is 0.0847. The number of rotatable bonds is 2. The minimum absolute atomic E-state index is 0. The van der Waals surface area contributed by atoms with E-state index in [9.17, 15) is 4.79 Å². The topological polar surface area (TPSA) is 37.3 Å². The van der Waals surface area contributed by atoms with Crippen LogP contribution in [0.25, 0.3) is 10.8 Å². The molecule has 2 nitrogen and oxygen atoms in total. The van der Waals surface area contributed by atoms with E-state index < -0.39 is 5.97 Å². The first-order chi connectivity index (χ1) is 6.77. The van der Waals surface area contributed by atoms with Crippen LogP contribution in [0.2, 0.25) is 0 Å². The van der Waals surface area contributed by atoms with Crippen molar-refractivity contribution in [1.82, 2.24) is 0 Å². The van der Waals surface area contributed by atoms with E-state index in [1.165, 1.54) is 0 Å². The van der Waals surface area contributed by atoms with Gasteiger partial charge in [-0.1, -0.05) is 42.5 Å². The second kappa shape index (κ2) is 5.77. The molecule has 1 N–H and O–H groups in total. The van der Waals surface area contributed by atoms with Crippen molar-refractivity contribution >= 4 is 16.7 Å². The molecule has 0 aliphatic carbocycles. The van der Waals surface area contributed by atoms with Crippen LogP contribution >= 0.6 is 0 Å². The van der Waals surface area contributed by atoms with Crippen molar-refractivity contribution in [3.05, 3.63) is 48.0 Å². The maximum absolute atomic E-state index is 10.6. The van der Waals surface area contributed by atoms with E-state index in [0.29, 0.717) is 0 Å². The zero-order valence-corrected chi connectivity index (χ0v) is 11.7. The molecule has 0 radical (unpaired) electrons. The fourth-order valence-electron chi connectivity index (χ4n) is 1.61. The van der Waals surface area contributed by atoms with Gasteiger partial charge in [0.2, 0.25) is 0 Å². The summed E-state index contributed by atoms with van der Waals surface area (Å²) in [5, 5.41) is 10.8. The van der Waals surface area contributed by atoms with Gasteiger partial charge in [-0.25, -0.2) is 0 Å². The van der Waals surface area contributed by atoms with Crippen LogP contribution in [-0.4, -0.2) is 11.1 Å². The summed E-state index contributed by atoms with van der Waals surface area (Å²) in [5.74, 6) is -0.790. The predicted molar refractivity (Wildman–Crippen MR) is 56.4 cm³/mol. The quantitative estimate of drug-likeness (QED) is 0.707. The minimum atomic E-state index is -0.790. The number of hydrogen-bond donors (Lipinski definition) is 1. The van der Waals surface area contributed by atoms with E-state index in [2.05, 4.69) is 0 Å². The Morgan fingerprint density at radius 1 is 1.13 bits per heavy atom. The second-order valence-electron chi connectivity index (χ2n) is 3.21. The first-order valence-electron chi connectivity index (χ1n) is 4.46. The maximum atomic E-state index is 10.6. The molecule has 0 fully saturated rings. The van der Waals surface area contributed by atoms with Gasteiger partial charge in [-0.05, 0) is 16.3 Å². The van der Waals surface area contributed by atoms with Crippen LogP contribution in [0, 0.1) is 0 Å². The van der Waals surface area contributed by atoms with Crippen LogP contribution in [0.3, 0.4) is 0 Å². The monoisotopic (exact) mass is 226 g/mol. The average Bonchev–Trinajstić information content (AvgIpc) is 2.18. The van der Waals surface area contributed by atoms with Crippen molar-refractivity contribution in [3.63, 3.8) is 0 Å². The molecule has 3 heteroatoms. The molecule has 0 aromatic heterocycles. The third-order valence-corrected chi connectivity index (χ3v) is 2.22. The largest absolute Gasteiger partial charge is 1.00 e. The van der Waals surface area contributed by atoms with Crippen molar-refractivity contribution in [3.8, 4) is 0 Å². The molecule has 0 aliphatic rings. The molecule has 0 amide bonds. The molecule has 0 bridgehead atoms. The normalized spacial score (nSPS) is 9.60. The van der Waals surface area contributed by atoms with Crippen LogP contribution in [0.1, 0.15) is 6.99 Å². The SMILES string of the molecule is O=C(O)Cc1cccc2ccccc12.[H-].[K+]. The number of carboxylic acid groups (broad SMARTS) is 1. The van der Waals surface area contributed by atoms with E-state index in [-0.39, 0.29) is 59.2 Å². The molecular weight excluding hydrogens is 215 g/mol. The van der Waals surface area contributed by atoms with Crippen LogP contribution in [0.15, 0.2) is 42.5 Å². The smallest absolute Gasteiger partial charge is 1.00 e. The van der Waals surface area contributed by atoms with Gasteiger partial charge >= 0.3 is 57.4 Å². The summed E-state index contributed by atoms with van der Waals surface area (Å²) in [7, 11) is 0. The Bertz CT molecular complexity index is 480. The maximum Gasteiger partial charge on any atom is 1.00 e. The van der Waals surface area contributed by atoms with Gasteiger partial charge in [0, 0.05) is 0 Å². The molecule has 0 aliphatic heterocycles. The molecule has 0 atom stereocenters. The predicted octanol–water partition coefficient (Wildman–Crippen LogP) is -0.417. The van der Waals surface area contributed by atoms with E-state index >= 15 is 0 Å². The summed E-state index contributed by atoms with van der Waals surface area (Å²) >= 11 is 0. The van der Waals surface area contributed by atoms with Gasteiger partial charge in [0.05, 0.1) is 6.42 Å². The number of fused-ring (bicyclic) bond motifs is 1. The van der Waals surface area contributed by atoms with Gasteiger partial charge in [-0.2, -0.15) is 0 Å². The molecule has 72 valence electrons. The Hall–Kier alpha value is -0.194. The van der Waals surface area contributed by atoms with Crippen molar-refractivity contribution in [2.24, 2.45) is 0 Å². The molecule has 0 unspecified atom stereocenters. The number of aliphatic carboxylic acids is 1. The number of carbonyl (C=O) groups is 1. The average molecular weight is 226 g/mol.